The van der Waals surface area contributed by atoms with Crippen LogP contribution in [0.2, 0.25) is 0 Å². The Balaban J connectivity index is 1.54. The monoisotopic (exact) mass is 344 g/mol. The Kier molecular flexibility index (Phi) is 4.26. The van der Waals surface area contributed by atoms with Gasteiger partial charge in [-0.15, -0.1) is 0 Å². The largest absolute Gasteiger partial charge is 0.353 e. The number of rotatable bonds is 4. The first-order chi connectivity index (χ1) is 12.0. The normalized spacial score (nSPS) is 26.4. The van der Waals surface area contributed by atoms with Gasteiger partial charge in [-0.1, -0.05) is 12.1 Å². The minimum atomic E-state index is -0.214. The average Bonchev–Trinajstić information content (AvgIpc) is 3.50. The fourth-order valence-corrected chi connectivity index (χ4v) is 3.77. The van der Waals surface area contributed by atoms with Gasteiger partial charge in [-0.25, -0.2) is 4.39 Å². The van der Waals surface area contributed by atoms with E-state index in [1.807, 2.05) is 11.0 Å². The van der Waals surface area contributed by atoms with Crippen molar-refractivity contribution < 1.29 is 14.0 Å². The van der Waals surface area contributed by atoms with Gasteiger partial charge in [0, 0.05) is 31.0 Å². The molecule has 2 amide bonds. The van der Waals surface area contributed by atoms with E-state index >= 15 is 0 Å². The van der Waals surface area contributed by atoms with E-state index in [9.17, 15) is 14.0 Å². The van der Waals surface area contributed by atoms with Gasteiger partial charge >= 0.3 is 0 Å². The number of carbonyl (C=O) groups excluding carboxylic acids is 2. The van der Waals surface area contributed by atoms with E-state index in [4.69, 9.17) is 0 Å². The summed E-state index contributed by atoms with van der Waals surface area (Å²) in [5, 5.41) is 3.08. The molecule has 1 aromatic carbocycles. The number of nitrogens with one attached hydrogen (secondary N) is 1. The Hall–Kier alpha value is -1.91. The van der Waals surface area contributed by atoms with E-state index < -0.39 is 0 Å². The van der Waals surface area contributed by atoms with Crippen LogP contribution in [0.25, 0.3) is 0 Å². The van der Waals surface area contributed by atoms with Crippen LogP contribution in [0.3, 0.4) is 0 Å². The zero-order chi connectivity index (χ0) is 17.6. The Morgan fingerprint density at radius 1 is 1.12 bits per heavy atom. The molecule has 134 valence electrons. The van der Waals surface area contributed by atoms with E-state index in [1.54, 1.807) is 13.0 Å². The smallest absolute Gasteiger partial charge is 0.225 e. The molecule has 3 fully saturated rings. The minimum absolute atomic E-state index is 0.0691. The molecule has 0 radical (unpaired) electrons. The lowest BCUT2D eigenvalue weighted by Gasteiger charge is -2.37. The Labute approximate surface area is 147 Å². The third-order valence-electron chi connectivity index (χ3n) is 5.64. The molecule has 1 saturated heterocycles. The first kappa shape index (κ1) is 16.6. The van der Waals surface area contributed by atoms with Crippen molar-refractivity contribution in [3.05, 3.63) is 35.1 Å². The first-order valence-electron chi connectivity index (χ1n) is 9.36. The summed E-state index contributed by atoms with van der Waals surface area (Å²) in [6.07, 6.45) is 4.77. The number of hydrogen-bond donors (Lipinski definition) is 1. The van der Waals surface area contributed by atoms with Gasteiger partial charge in [0.25, 0.3) is 0 Å². The minimum Gasteiger partial charge on any atom is -0.353 e. The number of hydrogen-bond acceptors (Lipinski definition) is 2. The van der Waals surface area contributed by atoms with Crippen LogP contribution in [0.15, 0.2) is 18.2 Å². The predicted octanol–water partition coefficient (Wildman–Crippen LogP) is 2.75. The lowest BCUT2D eigenvalue weighted by atomic mass is 9.83. The standard InChI is InChI=1S/C20H25FN2O2/c1-12-8-14(4-7-18(12)21)15-9-16(19(24)22-17-5-6-17)11-23(10-15)20(25)13-2-3-13/h4,7-8,13,15-17H,2-3,5-6,9-11H2,1H3,(H,22,24)/t15-,16+/m0/s1. The SMILES string of the molecule is Cc1cc([C@H]2C[C@@H](C(=O)NC3CC3)CN(C(=O)C3CC3)C2)ccc1F. The maximum atomic E-state index is 13.6. The van der Waals surface area contributed by atoms with Crippen molar-refractivity contribution >= 4 is 11.8 Å². The average molecular weight is 344 g/mol. The molecule has 1 N–H and O–H groups in total. The Morgan fingerprint density at radius 2 is 1.88 bits per heavy atom. The lowest BCUT2D eigenvalue weighted by molar-refractivity contribution is -0.137. The summed E-state index contributed by atoms with van der Waals surface area (Å²) in [6.45, 7) is 2.91. The topological polar surface area (TPSA) is 49.4 Å². The van der Waals surface area contributed by atoms with Crippen LogP contribution in [0, 0.1) is 24.6 Å². The van der Waals surface area contributed by atoms with E-state index in [1.165, 1.54) is 6.07 Å². The molecule has 0 spiro atoms. The van der Waals surface area contributed by atoms with Crippen molar-refractivity contribution in [3.63, 3.8) is 0 Å². The van der Waals surface area contributed by atoms with Gasteiger partial charge in [-0.3, -0.25) is 9.59 Å². The van der Waals surface area contributed by atoms with Crippen LogP contribution < -0.4 is 5.32 Å². The molecule has 0 aromatic heterocycles. The molecule has 1 aliphatic heterocycles. The zero-order valence-electron chi connectivity index (χ0n) is 14.6. The molecule has 2 atom stereocenters. The predicted molar refractivity (Wildman–Crippen MR) is 92.5 cm³/mol. The summed E-state index contributed by atoms with van der Waals surface area (Å²) in [5.74, 6) is 0.111. The molecular weight excluding hydrogens is 319 g/mol. The Bertz CT molecular complexity index is 697. The lowest BCUT2D eigenvalue weighted by Crippen LogP contribution is -2.48. The third kappa shape index (κ3) is 3.70. The van der Waals surface area contributed by atoms with Crippen LogP contribution in [-0.4, -0.2) is 35.8 Å². The summed E-state index contributed by atoms with van der Waals surface area (Å²) in [4.78, 5) is 27.1. The van der Waals surface area contributed by atoms with Gasteiger partial charge in [0.2, 0.25) is 11.8 Å². The van der Waals surface area contributed by atoms with Crippen molar-refractivity contribution in [3.8, 4) is 0 Å². The highest BCUT2D eigenvalue weighted by Gasteiger charge is 2.40. The maximum Gasteiger partial charge on any atom is 0.225 e. The summed E-state index contributed by atoms with van der Waals surface area (Å²) in [5.41, 5.74) is 1.64. The second kappa shape index (κ2) is 6.43. The first-order valence-corrected chi connectivity index (χ1v) is 9.36. The third-order valence-corrected chi connectivity index (χ3v) is 5.64. The van der Waals surface area contributed by atoms with Crippen molar-refractivity contribution in [2.45, 2.75) is 51.0 Å². The number of likely N-dealkylation sites (tertiary alicyclic amines) is 1. The van der Waals surface area contributed by atoms with Crippen molar-refractivity contribution in [1.29, 1.82) is 0 Å². The highest BCUT2D eigenvalue weighted by atomic mass is 19.1. The highest BCUT2D eigenvalue weighted by molar-refractivity contribution is 5.84. The van der Waals surface area contributed by atoms with E-state index in [0.29, 0.717) is 24.7 Å². The van der Waals surface area contributed by atoms with Gasteiger partial charge in [0.1, 0.15) is 5.82 Å². The van der Waals surface area contributed by atoms with E-state index in [0.717, 1.165) is 37.7 Å². The van der Waals surface area contributed by atoms with E-state index in [-0.39, 0.29) is 35.4 Å². The molecule has 4 rings (SSSR count). The number of amides is 2. The second-order valence-electron chi connectivity index (χ2n) is 7.94. The van der Waals surface area contributed by atoms with Gasteiger partial charge in [0.15, 0.2) is 0 Å². The fourth-order valence-electron chi connectivity index (χ4n) is 3.77. The molecule has 1 heterocycles. The zero-order valence-corrected chi connectivity index (χ0v) is 14.6. The van der Waals surface area contributed by atoms with Crippen LogP contribution in [0.1, 0.15) is 49.1 Å². The van der Waals surface area contributed by atoms with Gasteiger partial charge < -0.3 is 10.2 Å². The molecule has 0 bridgehead atoms. The van der Waals surface area contributed by atoms with Gasteiger partial charge in [-0.2, -0.15) is 0 Å². The fraction of sp³-hybridized carbons (Fsp3) is 0.600. The van der Waals surface area contributed by atoms with Crippen LogP contribution in [0.5, 0.6) is 0 Å². The van der Waals surface area contributed by atoms with Crippen molar-refractivity contribution in [2.75, 3.05) is 13.1 Å². The summed E-state index contributed by atoms with van der Waals surface area (Å²) in [7, 11) is 0. The van der Waals surface area contributed by atoms with E-state index in [2.05, 4.69) is 5.32 Å². The molecule has 5 heteroatoms. The summed E-state index contributed by atoms with van der Waals surface area (Å²) in [6, 6.07) is 5.48. The van der Waals surface area contributed by atoms with Crippen molar-refractivity contribution in [1.82, 2.24) is 10.2 Å². The van der Waals surface area contributed by atoms with Gasteiger partial charge in [0.05, 0.1) is 5.92 Å². The molecule has 0 unspecified atom stereocenters. The number of carbonyl (C=O) groups is 2. The Morgan fingerprint density at radius 3 is 2.52 bits per heavy atom. The molecular formula is C20H25FN2O2. The number of benzene rings is 1. The maximum absolute atomic E-state index is 13.6. The highest BCUT2D eigenvalue weighted by Crippen LogP contribution is 2.36. The molecule has 25 heavy (non-hydrogen) atoms. The molecule has 2 aliphatic carbocycles. The van der Waals surface area contributed by atoms with Crippen molar-refractivity contribution in [2.24, 2.45) is 11.8 Å². The number of halogens is 1. The molecule has 2 saturated carbocycles. The molecule has 1 aromatic rings. The number of aryl methyl sites for hydroxylation is 1. The number of piperidine rings is 1. The summed E-state index contributed by atoms with van der Waals surface area (Å²) >= 11 is 0. The summed E-state index contributed by atoms with van der Waals surface area (Å²) < 4.78 is 13.6. The second-order valence-corrected chi connectivity index (χ2v) is 7.94. The quantitative estimate of drug-likeness (QED) is 0.913. The van der Waals surface area contributed by atoms with Crippen LogP contribution in [0.4, 0.5) is 4.39 Å². The van der Waals surface area contributed by atoms with Crippen LogP contribution in [-0.2, 0) is 9.59 Å². The molecule has 3 aliphatic rings. The van der Waals surface area contributed by atoms with Crippen LogP contribution >= 0.6 is 0 Å². The number of nitrogens with zero attached hydrogens (tertiary/aromatic N) is 1. The van der Waals surface area contributed by atoms with Gasteiger partial charge in [-0.05, 0) is 56.2 Å². The molecule has 4 nitrogen and oxygen atoms in total.